The average Bonchev–Trinajstić information content (AvgIpc) is 3.09. The molecule has 1 saturated heterocycles. The summed E-state index contributed by atoms with van der Waals surface area (Å²) in [6, 6.07) is 5.79. The molecule has 1 aliphatic heterocycles. The zero-order valence-electron chi connectivity index (χ0n) is 12.7. The minimum atomic E-state index is -0.168. The molecule has 3 nitrogen and oxygen atoms in total. The lowest BCUT2D eigenvalue weighted by molar-refractivity contribution is -0.115. The first-order valence-corrected chi connectivity index (χ1v) is 9.25. The summed E-state index contributed by atoms with van der Waals surface area (Å²) in [7, 11) is 0. The van der Waals surface area contributed by atoms with Gasteiger partial charge in [-0.25, -0.2) is 0 Å². The molecule has 1 aromatic carbocycles. The number of hydrogen-bond acceptors (Lipinski definition) is 5. The van der Waals surface area contributed by atoms with Crippen molar-refractivity contribution in [3.63, 3.8) is 0 Å². The highest BCUT2D eigenvalue weighted by Gasteiger charge is 2.23. The second-order valence-corrected chi connectivity index (χ2v) is 7.84. The Kier molecular flexibility index (Phi) is 4.57. The van der Waals surface area contributed by atoms with Gasteiger partial charge in [-0.15, -0.1) is 11.3 Å². The third-order valence-electron chi connectivity index (χ3n) is 3.67. The van der Waals surface area contributed by atoms with E-state index in [1.54, 1.807) is 17.4 Å². The van der Waals surface area contributed by atoms with E-state index in [0.717, 1.165) is 28.0 Å². The van der Waals surface area contributed by atoms with Crippen molar-refractivity contribution >= 4 is 51.6 Å². The molecule has 1 aliphatic rings. The van der Waals surface area contributed by atoms with E-state index in [9.17, 15) is 9.90 Å². The van der Waals surface area contributed by atoms with Crippen molar-refractivity contribution in [3.05, 3.63) is 45.2 Å². The number of nitrogens with one attached hydrogen (secondary N) is 1. The summed E-state index contributed by atoms with van der Waals surface area (Å²) in [6.07, 6.45) is 2.77. The SMILES string of the molecule is CCc1ccsc1-c1cc(O)c(C)cc1C=C1SC(=S)NC1=O. The van der Waals surface area contributed by atoms with Crippen LogP contribution < -0.4 is 5.32 Å². The number of hydrogen-bond donors (Lipinski definition) is 2. The number of thioether (sulfide) groups is 1. The van der Waals surface area contributed by atoms with Crippen LogP contribution in [-0.2, 0) is 11.2 Å². The standard InChI is InChI=1S/C17H15NO2S3/c1-3-10-4-5-22-15(10)12-8-13(19)9(2)6-11(12)7-14-16(20)18-17(21)23-14/h4-8,19H,3H2,1-2H3,(H,18,20,21). The molecule has 0 spiro atoms. The lowest BCUT2D eigenvalue weighted by atomic mass is 9.99. The number of benzene rings is 1. The molecular formula is C17H15NO2S3. The number of thiocarbonyl (C=S) groups is 1. The van der Waals surface area contributed by atoms with E-state index in [0.29, 0.717) is 9.23 Å². The Morgan fingerprint density at radius 1 is 1.39 bits per heavy atom. The minimum absolute atomic E-state index is 0.168. The van der Waals surface area contributed by atoms with Crippen molar-refractivity contribution in [1.82, 2.24) is 5.32 Å². The fourth-order valence-electron chi connectivity index (χ4n) is 2.45. The van der Waals surface area contributed by atoms with Gasteiger partial charge < -0.3 is 10.4 Å². The summed E-state index contributed by atoms with van der Waals surface area (Å²) >= 11 is 7.95. The third-order valence-corrected chi connectivity index (χ3v) is 5.82. The molecule has 0 saturated carbocycles. The maximum atomic E-state index is 11.9. The van der Waals surface area contributed by atoms with E-state index in [-0.39, 0.29) is 11.7 Å². The van der Waals surface area contributed by atoms with Gasteiger partial charge in [0.15, 0.2) is 0 Å². The van der Waals surface area contributed by atoms with E-state index >= 15 is 0 Å². The number of carbonyl (C=O) groups excluding carboxylic acids is 1. The molecule has 0 atom stereocenters. The van der Waals surface area contributed by atoms with Gasteiger partial charge in [-0.3, -0.25) is 4.79 Å². The van der Waals surface area contributed by atoms with Crippen molar-refractivity contribution in [2.24, 2.45) is 0 Å². The second-order valence-electron chi connectivity index (χ2n) is 5.21. The first kappa shape index (κ1) is 16.2. The maximum absolute atomic E-state index is 11.9. The fourth-order valence-corrected chi connectivity index (χ4v) is 4.52. The molecule has 0 radical (unpaired) electrons. The molecule has 2 N–H and O–H groups in total. The van der Waals surface area contributed by atoms with Crippen LogP contribution in [0, 0.1) is 6.92 Å². The third kappa shape index (κ3) is 3.20. The van der Waals surface area contributed by atoms with Crippen LogP contribution in [0.1, 0.15) is 23.6 Å². The topological polar surface area (TPSA) is 49.3 Å². The van der Waals surface area contributed by atoms with Gasteiger partial charge in [0.2, 0.25) is 0 Å². The van der Waals surface area contributed by atoms with Crippen LogP contribution in [0.15, 0.2) is 28.5 Å². The number of phenols is 1. The summed E-state index contributed by atoms with van der Waals surface area (Å²) in [6.45, 7) is 3.96. The zero-order valence-corrected chi connectivity index (χ0v) is 15.1. The summed E-state index contributed by atoms with van der Waals surface area (Å²) < 4.78 is 0.476. The molecule has 6 heteroatoms. The van der Waals surface area contributed by atoms with Gasteiger partial charge in [-0.1, -0.05) is 30.9 Å². The van der Waals surface area contributed by atoms with E-state index in [1.165, 1.54) is 17.3 Å². The van der Waals surface area contributed by atoms with E-state index in [2.05, 4.69) is 18.3 Å². The van der Waals surface area contributed by atoms with Gasteiger partial charge >= 0.3 is 0 Å². The zero-order chi connectivity index (χ0) is 16.6. The predicted molar refractivity (Wildman–Crippen MR) is 102 cm³/mol. The van der Waals surface area contributed by atoms with Crippen LogP contribution in [0.25, 0.3) is 16.5 Å². The lowest BCUT2D eigenvalue weighted by Gasteiger charge is -2.10. The number of rotatable bonds is 3. The average molecular weight is 362 g/mol. The number of carbonyl (C=O) groups is 1. The number of phenolic OH excluding ortho intramolecular Hbond substituents is 1. The molecule has 23 heavy (non-hydrogen) atoms. The Bertz CT molecular complexity index is 836. The van der Waals surface area contributed by atoms with Gasteiger partial charge in [0.05, 0.1) is 4.91 Å². The second kappa shape index (κ2) is 6.47. The molecule has 1 fully saturated rings. The van der Waals surface area contributed by atoms with Crippen molar-refractivity contribution in [3.8, 4) is 16.2 Å². The minimum Gasteiger partial charge on any atom is -0.508 e. The highest BCUT2D eigenvalue weighted by atomic mass is 32.2. The van der Waals surface area contributed by atoms with Gasteiger partial charge in [0, 0.05) is 10.4 Å². The molecule has 2 aromatic rings. The number of aryl methyl sites for hydroxylation is 2. The highest BCUT2D eigenvalue weighted by molar-refractivity contribution is 8.26. The van der Waals surface area contributed by atoms with Crippen LogP contribution in [0.3, 0.4) is 0 Å². The Hall–Kier alpha value is -1.63. The predicted octanol–water partition coefficient (Wildman–Crippen LogP) is 4.48. The van der Waals surface area contributed by atoms with Crippen molar-refractivity contribution in [2.75, 3.05) is 0 Å². The van der Waals surface area contributed by atoms with Crippen molar-refractivity contribution in [1.29, 1.82) is 0 Å². The van der Waals surface area contributed by atoms with Gasteiger partial charge in [0.1, 0.15) is 10.1 Å². The van der Waals surface area contributed by atoms with E-state index in [1.807, 2.05) is 24.4 Å². The smallest absolute Gasteiger partial charge is 0.263 e. The van der Waals surface area contributed by atoms with Crippen molar-refractivity contribution in [2.45, 2.75) is 20.3 Å². The fraction of sp³-hybridized carbons (Fsp3) is 0.176. The molecule has 118 valence electrons. The van der Waals surface area contributed by atoms with Crippen LogP contribution in [0.4, 0.5) is 0 Å². The van der Waals surface area contributed by atoms with E-state index < -0.39 is 0 Å². The quantitative estimate of drug-likeness (QED) is 0.625. The molecule has 0 bridgehead atoms. The first-order valence-electron chi connectivity index (χ1n) is 7.14. The Balaban J connectivity index is 2.17. The monoisotopic (exact) mass is 361 g/mol. The lowest BCUT2D eigenvalue weighted by Crippen LogP contribution is -2.17. The largest absolute Gasteiger partial charge is 0.508 e. The van der Waals surface area contributed by atoms with Gasteiger partial charge in [0.25, 0.3) is 5.91 Å². The first-order chi connectivity index (χ1) is 11.0. The molecule has 1 aromatic heterocycles. The number of aromatic hydroxyl groups is 1. The Morgan fingerprint density at radius 3 is 2.83 bits per heavy atom. The summed E-state index contributed by atoms with van der Waals surface area (Å²) in [5.74, 6) is 0.0928. The van der Waals surface area contributed by atoms with Crippen LogP contribution in [0.5, 0.6) is 5.75 Å². The normalized spacial score (nSPS) is 16.2. The summed E-state index contributed by atoms with van der Waals surface area (Å²) in [5.41, 5.74) is 3.87. The Morgan fingerprint density at radius 2 is 2.17 bits per heavy atom. The number of amides is 1. The van der Waals surface area contributed by atoms with Crippen LogP contribution >= 0.6 is 35.3 Å². The molecular weight excluding hydrogens is 346 g/mol. The van der Waals surface area contributed by atoms with Crippen LogP contribution in [0.2, 0.25) is 0 Å². The van der Waals surface area contributed by atoms with Crippen molar-refractivity contribution < 1.29 is 9.90 Å². The number of thiophene rings is 1. The summed E-state index contributed by atoms with van der Waals surface area (Å²) in [5, 5.41) is 14.8. The van der Waals surface area contributed by atoms with E-state index in [4.69, 9.17) is 12.2 Å². The molecule has 2 heterocycles. The van der Waals surface area contributed by atoms with Gasteiger partial charge in [-0.05, 0) is 59.7 Å². The van der Waals surface area contributed by atoms with Gasteiger partial charge in [-0.2, -0.15) is 0 Å². The molecule has 0 unspecified atom stereocenters. The molecule has 3 rings (SSSR count). The highest BCUT2D eigenvalue weighted by Crippen LogP contribution is 2.38. The van der Waals surface area contributed by atoms with Crippen LogP contribution in [-0.4, -0.2) is 15.3 Å². The maximum Gasteiger partial charge on any atom is 0.263 e. The summed E-state index contributed by atoms with van der Waals surface area (Å²) in [4.78, 5) is 13.6. The molecule has 1 amide bonds. The Labute approximate surface area is 148 Å². The molecule has 0 aliphatic carbocycles.